The molecule has 0 fully saturated rings. The smallest absolute Gasteiger partial charge is 0.383 e. The van der Waals surface area contributed by atoms with Crippen molar-refractivity contribution in [3.05, 3.63) is 75.6 Å². The van der Waals surface area contributed by atoms with Crippen molar-refractivity contribution in [2.75, 3.05) is 11.5 Å². The molecular weight excluding hydrogens is 493 g/mol. The summed E-state index contributed by atoms with van der Waals surface area (Å²) < 4.78 is 44.6. The average molecular weight is 515 g/mol. The fourth-order valence-corrected chi connectivity index (χ4v) is 4.95. The Morgan fingerprint density at radius 2 is 1.97 bits per heavy atom. The minimum atomic E-state index is -4.49. The van der Waals surface area contributed by atoms with Crippen molar-refractivity contribution in [2.24, 2.45) is 0 Å². The molecule has 1 aliphatic heterocycles. The zero-order valence-corrected chi connectivity index (χ0v) is 19.9. The lowest BCUT2D eigenvalue weighted by Gasteiger charge is -2.22. The third-order valence-electron chi connectivity index (χ3n) is 6.01. The number of alkyl halides is 3. The minimum Gasteiger partial charge on any atom is -0.383 e. The zero-order valence-electron chi connectivity index (χ0n) is 19.0. The van der Waals surface area contributed by atoms with Crippen molar-refractivity contribution >= 4 is 39.1 Å². The molecule has 186 valence electrons. The van der Waals surface area contributed by atoms with Gasteiger partial charge in [0.2, 0.25) is 0 Å². The summed E-state index contributed by atoms with van der Waals surface area (Å²) in [5, 5.41) is 1.12. The number of hydrogen-bond donors (Lipinski definition) is 2. The van der Waals surface area contributed by atoms with E-state index in [4.69, 9.17) is 16.2 Å². The molecule has 5 rings (SSSR count). The Morgan fingerprint density at radius 1 is 1.17 bits per heavy atom. The third-order valence-corrected chi connectivity index (χ3v) is 6.82. The molecule has 1 aliphatic rings. The van der Waals surface area contributed by atoms with E-state index in [1.807, 2.05) is 6.92 Å². The number of aromatic nitrogens is 3. The number of amides is 1. The largest absolute Gasteiger partial charge is 0.417 e. The Hall–Kier alpha value is -3.77. The SMILES string of the molecule is C[C@H]1OCc2c1c(N)nc1ccc(C(=O)N(Cc3ccc(C(F)(F)F)cn3)Cc3cnc(N)s3)cc21. The van der Waals surface area contributed by atoms with E-state index < -0.39 is 11.7 Å². The standard InChI is InChI=1S/C24H21F3N6O2S/c1-12-20-18(11-35-12)17-6-13(2-5-19(17)32-21(20)28)22(34)33(10-16-8-31-23(29)36-16)9-15-4-3-14(7-30-15)24(25,26)27/h2-8,12H,9-11H2,1H3,(H2,28,32)(H2,29,31)/t12-/m1/s1. The van der Waals surface area contributed by atoms with Crippen LogP contribution < -0.4 is 11.5 Å². The van der Waals surface area contributed by atoms with E-state index in [0.29, 0.717) is 34.3 Å². The predicted molar refractivity (Wildman–Crippen MR) is 129 cm³/mol. The first-order valence-electron chi connectivity index (χ1n) is 11.0. The molecule has 36 heavy (non-hydrogen) atoms. The number of rotatable bonds is 5. The van der Waals surface area contributed by atoms with Gasteiger partial charge >= 0.3 is 6.18 Å². The summed E-state index contributed by atoms with van der Waals surface area (Å²) in [4.78, 5) is 28.3. The monoisotopic (exact) mass is 514 g/mol. The van der Waals surface area contributed by atoms with Gasteiger partial charge in [0.15, 0.2) is 5.13 Å². The van der Waals surface area contributed by atoms with Gasteiger partial charge in [-0.3, -0.25) is 9.78 Å². The van der Waals surface area contributed by atoms with E-state index in [9.17, 15) is 18.0 Å². The number of nitrogens with two attached hydrogens (primary N) is 2. The summed E-state index contributed by atoms with van der Waals surface area (Å²) in [6.45, 7) is 2.40. The Morgan fingerprint density at radius 3 is 2.64 bits per heavy atom. The number of anilines is 2. The maximum absolute atomic E-state index is 13.7. The van der Waals surface area contributed by atoms with Gasteiger partial charge in [-0.25, -0.2) is 9.97 Å². The molecule has 4 heterocycles. The molecule has 12 heteroatoms. The number of nitrogens with zero attached hydrogens (tertiary/aromatic N) is 4. The Balaban J connectivity index is 1.50. The van der Waals surface area contributed by atoms with Crippen molar-refractivity contribution in [2.45, 2.75) is 38.9 Å². The Labute approximate surface area is 207 Å². The van der Waals surface area contributed by atoms with Crippen LogP contribution in [0.5, 0.6) is 0 Å². The van der Waals surface area contributed by atoms with Crippen molar-refractivity contribution in [3.8, 4) is 0 Å². The number of benzene rings is 1. The zero-order chi connectivity index (χ0) is 25.6. The van der Waals surface area contributed by atoms with Crippen LogP contribution in [0.1, 0.15) is 50.6 Å². The van der Waals surface area contributed by atoms with Gasteiger partial charge in [-0.05, 0) is 42.8 Å². The highest BCUT2D eigenvalue weighted by molar-refractivity contribution is 7.15. The third kappa shape index (κ3) is 4.56. The van der Waals surface area contributed by atoms with Crippen molar-refractivity contribution in [1.29, 1.82) is 0 Å². The normalized spacial score (nSPS) is 15.3. The van der Waals surface area contributed by atoms with Crippen LogP contribution in [0.4, 0.5) is 24.1 Å². The number of fused-ring (bicyclic) bond motifs is 3. The highest BCUT2D eigenvalue weighted by Crippen LogP contribution is 2.38. The molecular formula is C24H21F3N6O2S. The lowest BCUT2D eigenvalue weighted by molar-refractivity contribution is -0.137. The van der Waals surface area contributed by atoms with E-state index in [0.717, 1.165) is 33.7 Å². The maximum atomic E-state index is 13.7. The van der Waals surface area contributed by atoms with E-state index in [-0.39, 0.29) is 25.1 Å². The van der Waals surface area contributed by atoms with Crippen LogP contribution in [0, 0.1) is 0 Å². The fraction of sp³-hybridized carbons (Fsp3) is 0.250. The van der Waals surface area contributed by atoms with Gasteiger partial charge in [0.1, 0.15) is 5.82 Å². The average Bonchev–Trinajstić information content (AvgIpc) is 3.43. The van der Waals surface area contributed by atoms with Gasteiger partial charge < -0.3 is 21.1 Å². The molecule has 4 aromatic rings. The first kappa shape index (κ1) is 23.9. The number of ether oxygens (including phenoxy) is 1. The second-order valence-corrected chi connectivity index (χ2v) is 9.58. The number of halogens is 3. The van der Waals surface area contributed by atoms with Crippen LogP contribution in [0.25, 0.3) is 10.9 Å². The molecule has 0 aliphatic carbocycles. The quantitative estimate of drug-likeness (QED) is 0.396. The molecule has 0 saturated carbocycles. The first-order valence-corrected chi connectivity index (χ1v) is 11.8. The molecule has 4 N–H and O–H groups in total. The van der Waals surface area contributed by atoms with Gasteiger partial charge in [-0.15, -0.1) is 11.3 Å². The van der Waals surface area contributed by atoms with Crippen LogP contribution in [0.15, 0.2) is 42.7 Å². The molecule has 0 unspecified atom stereocenters. The van der Waals surface area contributed by atoms with Crippen molar-refractivity contribution in [1.82, 2.24) is 19.9 Å². The lowest BCUT2D eigenvalue weighted by atomic mass is 10.00. The Bertz CT molecular complexity index is 1460. The number of hydrogen-bond acceptors (Lipinski definition) is 8. The van der Waals surface area contributed by atoms with Crippen LogP contribution in [0.2, 0.25) is 0 Å². The fourth-order valence-electron chi connectivity index (χ4n) is 4.25. The van der Waals surface area contributed by atoms with Gasteiger partial charge in [0.05, 0.1) is 42.6 Å². The molecule has 3 aromatic heterocycles. The highest BCUT2D eigenvalue weighted by atomic mass is 32.1. The molecule has 1 atom stereocenters. The number of carbonyl (C=O) groups excluding carboxylic acids is 1. The molecule has 1 amide bonds. The number of carbonyl (C=O) groups is 1. The summed E-state index contributed by atoms with van der Waals surface area (Å²) >= 11 is 1.23. The highest BCUT2D eigenvalue weighted by Gasteiger charge is 2.31. The van der Waals surface area contributed by atoms with Gasteiger partial charge in [-0.2, -0.15) is 13.2 Å². The molecule has 0 bridgehead atoms. The van der Waals surface area contributed by atoms with E-state index in [1.54, 1.807) is 24.4 Å². The second-order valence-electron chi connectivity index (χ2n) is 8.44. The Kier molecular flexibility index (Phi) is 6.00. The summed E-state index contributed by atoms with van der Waals surface area (Å²) in [7, 11) is 0. The summed E-state index contributed by atoms with van der Waals surface area (Å²) in [5.41, 5.74) is 14.1. The summed E-state index contributed by atoms with van der Waals surface area (Å²) in [5.74, 6) is 0.0717. The van der Waals surface area contributed by atoms with Crippen LogP contribution in [-0.2, 0) is 30.6 Å². The first-order chi connectivity index (χ1) is 17.1. The van der Waals surface area contributed by atoms with Crippen LogP contribution >= 0.6 is 11.3 Å². The van der Waals surface area contributed by atoms with Crippen LogP contribution in [0.3, 0.4) is 0 Å². The van der Waals surface area contributed by atoms with Gasteiger partial charge in [-0.1, -0.05) is 0 Å². The number of thiazole rings is 1. The van der Waals surface area contributed by atoms with E-state index >= 15 is 0 Å². The van der Waals surface area contributed by atoms with Gasteiger partial charge in [0.25, 0.3) is 5.91 Å². The van der Waals surface area contributed by atoms with Crippen molar-refractivity contribution < 1.29 is 22.7 Å². The molecule has 1 aromatic carbocycles. The minimum absolute atomic E-state index is 0.00888. The predicted octanol–water partition coefficient (Wildman–Crippen LogP) is 4.70. The van der Waals surface area contributed by atoms with Gasteiger partial charge in [0, 0.05) is 33.8 Å². The van der Waals surface area contributed by atoms with Crippen molar-refractivity contribution in [3.63, 3.8) is 0 Å². The van der Waals surface area contributed by atoms with Crippen LogP contribution in [-0.4, -0.2) is 25.8 Å². The van der Waals surface area contributed by atoms with E-state index in [2.05, 4.69) is 15.0 Å². The molecule has 0 spiro atoms. The molecule has 8 nitrogen and oxygen atoms in total. The topological polar surface area (TPSA) is 120 Å². The number of pyridine rings is 2. The molecule has 0 radical (unpaired) electrons. The summed E-state index contributed by atoms with van der Waals surface area (Å²) in [6.07, 6.45) is -2.36. The van der Waals surface area contributed by atoms with E-state index in [1.165, 1.54) is 22.3 Å². The second kappa shape index (κ2) is 9.03. The molecule has 0 saturated heterocycles. The lowest BCUT2D eigenvalue weighted by Crippen LogP contribution is -2.30. The summed E-state index contributed by atoms with van der Waals surface area (Å²) in [6, 6.07) is 7.34. The maximum Gasteiger partial charge on any atom is 0.417 e. The number of nitrogen functional groups attached to an aromatic ring is 2.